The van der Waals surface area contributed by atoms with Crippen molar-refractivity contribution >= 4 is 5.69 Å². The maximum atomic E-state index is 9.09. The first-order chi connectivity index (χ1) is 5.84. The van der Waals surface area contributed by atoms with E-state index in [4.69, 9.17) is 5.11 Å². The van der Waals surface area contributed by atoms with E-state index in [1.54, 1.807) is 31.3 Å². The lowest BCUT2D eigenvalue weighted by molar-refractivity contribution is 0.476. The van der Waals surface area contributed by atoms with E-state index in [1.807, 2.05) is 13.8 Å². The molecular weight excluding hydrogens is 152 g/mol. The highest BCUT2D eigenvalue weighted by Crippen LogP contribution is 2.24. The van der Waals surface area contributed by atoms with Gasteiger partial charge in [0, 0.05) is 7.05 Å². The summed E-state index contributed by atoms with van der Waals surface area (Å²) in [5.41, 5.74) is 0.505. The van der Waals surface area contributed by atoms with Crippen molar-refractivity contribution < 1.29 is 5.11 Å². The lowest BCUT2D eigenvalue weighted by Gasteiger charge is -1.92. The predicted molar refractivity (Wildman–Crippen MR) is 49.9 cm³/mol. The zero-order chi connectivity index (χ0) is 9.40. The van der Waals surface area contributed by atoms with Gasteiger partial charge in [-0.2, -0.15) is 10.2 Å². The van der Waals surface area contributed by atoms with Crippen LogP contribution >= 0.6 is 0 Å². The SMILES string of the molecule is CC.CN=Nc1ccccc1O. The number of phenols is 1. The first-order valence-corrected chi connectivity index (χ1v) is 3.92. The highest BCUT2D eigenvalue weighted by molar-refractivity contribution is 5.49. The van der Waals surface area contributed by atoms with Gasteiger partial charge in [-0.1, -0.05) is 26.0 Å². The van der Waals surface area contributed by atoms with Gasteiger partial charge in [-0.15, -0.1) is 0 Å². The molecule has 0 unspecified atom stereocenters. The molecule has 0 bridgehead atoms. The lowest BCUT2D eigenvalue weighted by atomic mass is 10.3. The molecular formula is C9H14N2O. The molecule has 66 valence electrons. The number of azo groups is 1. The summed E-state index contributed by atoms with van der Waals surface area (Å²) in [7, 11) is 1.56. The quantitative estimate of drug-likeness (QED) is 0.640. The second-order valence-electron chi connectivity index (χ2n) is 1.79. The fourth-order valence-corrected chi connectivity index (χ4v) is 0.656. The first-order valence-electron chi connectivity index (χ1n) is 3.92. The molecule has 1 aromatic rings. The minimum absolute atomic E-state index is 0.160. The molecule has 0 amide bonds. The van der Waals surface area contributed by atoms with E-state index >= 15 is 0 Å². The molecule has 0 radical (unpaired) electrons. The third-order valence-corrected chi connectivity index (χ3v) is 1.09. The van der Waals surface area contributed by atoms with Crippen LogP contribution in [0.2, 0.25) is 0 Å². The van der Waals surface area contributed by atoms with Gasteiger partial charge < -0.3 is 5.11 Å². The van der Waals surface area contributed by atoms with Crippen LogP contribution < -0.4 is 0 Å². The minimum Gasteiger partial charge on any atom is -0.506 e. The summed E-state index contributed by atoms with van der Waals surface area (Å²) >= 11 is 0. The van der Waals surface area contributed by atoms with Crippen LogP contribution in [0.1, 0.15) is 13.8 Å². The molecule has 1 aromatic carbocycles. The van der Waals surface area contributed by atoms with Gasteiger partial charge in [0.05, 0.1) is 0 Å². The van der Waals surface area contributed by atoms with E-state index in [2.05, 4.69) is 10.2 Å². The van der Waals surface area contributed by atoms with Gasteiger partial charge in [0.1, 0.15) is 11.4 Å². The Morgan fingerprint density at radius 3 is 2.25 bits per heavy atom. The standard InChI is InChI=1S/C7H8N2O.C2H6/c1-8-9-6-4-2-3-5-7(6)10;1-2/h2-5,10H,1H3;1-2H3. The van der Waals surface area contributed by atoms with Gasteiger partial charge in [-0.25, -0.2) is 0 Å². The van der Waals surface area contributed by atoms with E-state index in [1.165, 1.54) is 0 Å². The number of hydrogen-bond acceptors (Lipinski definition) is 3. The van der Waals surface area contributed by atoms with Crippen LogP contribution in [-0.2, 0) is 0 Å². The Bertz CT molecular complexity index is 246. The third-order valence-electron chi connectivity index (χ3n) is 1.09. The smallest absolute Gasteiger partial charge is 0.143 e. The van der Waals surface area contributed by atoms with Crippen molar-refractivity contribution in [3.63, 3.8) is 0 Å². The maximum absolute atomic E-state index is 9.09. The van der Waals surface area contributed by atoms with Crippen molar-refractivity contribution in [2.24, 2.45) is 10.2 Å². The third kappa shape index (κ3) is 3.14. The van der Waals surface area contributed by atoms with E-state index < -0.39 is 0 Å². The van der Waals surface area contributed by atoms with Crippen molar-refractivity contribution in [3.05, 3.63) is 24.3 Å². The van der Waals surface area contributed by atoms with Crippen molar-refractivity contribution in [2.75, 3.05) is 7.05 Å². The predicted octanol–water partition coefficient (Wildman–Crippen LogP) is 3.13. The molecule has 1 N–H and O–H groups in total. The van der Waals surface area contributed by atoms with Crippen LogP contribution in [0.3, 0.4) is 0 Å². The number of rotatable bonds is 1. The van der Waals surface area contributed by atoms with E-state index in [9.17, 15) is 0 Å². The van der Waals surface area contributed by atoms with Crippen molar-refractivity contribution in [3.8, 4) is 5.75 Å². The van der Waals surface area contributed by atoms with Crippen LogP contribution in [0.15, 0.2) is 34.5 Å². The zero-order valence-electron chi connectivity index (χ0n) is 7.65. The number of aromatic hydroxyl groups is 1. The van der Waals surface area contributed by atoms with Gasteiger partial charge in [-0.3, -0.25) is 0 Å². The molecule has 12 heavy (non-hydrogen) atoms. The van der Waals surface area contributed by atoms with Crippen LogP contribution in [0.5, 0.6) is 5.75 Å². The van der Waals surface area contributed by atoms with E-state index in [-0.39, 0.29) is 5.75 Å². The molecule has 1 rings (SSSR count). The minimum atomic E-state index is 0.160. The topological polar surface area (TPSA) is 45.0 Å². The van der Waals surface area contributed by atoms with Crippen molar-refractivity contribution in [1.29, 1.82) is 0 Å². The average molecular weight is 166 g/mol. The summed E-state index contributed by atoms with van der Waals surface area (Å²) in [6, 6.07) is 6.81. The summed E-state index contributed by atoms with van der Waals surface area (Å²) in [6.45, 7) is 4.00. The fourth-order valence-electron chi connectivity index (χ4n) is 0.656. The highest BCUT2D eigenvalue weighted by atomic mass is 16.3. The molecule has 0 atom stereocenters. The molecule has 0 fully saturated rings. The summed E-state index contributed by atoms with van der Waals surface area (Å²) in [5, 5.41) is 16.3. The second kappa shape index (κ2) is 6.34. The lowest BCUT2D eigenvalue weighted by Crippen LogP contribution is -1.64. The number of benzene rings is 1. The Morgan fingerprint density at radius 2 is 1.75 bits per heavy atom. The largest absolute Gasteiger partial charge is 0.506 e. The van der Waals surface area contributed by atoms with E-state index in [0.29, 0.717) is 5.69 Å². The Kier molecular flexibility index (Phi) is 5.61. The van der Waals surface area contributed by atoms with Crippen LogP contribution in [0.25, 0.3) is 0 Å². The van der Waals surface area contributed by atoms with Gasteiger partial charge in [-0.05, 0) is 12.1 Å². The molecule has 0 saturated carbocycles. The molecule has 0 heterocycles. The maximum Gasteiger partial charge on any atom is 0.143 e. The zero-order valence-corrected chi connectivity index (χ0v) is 7.65. The summed E-state index contributed by atoms with van der Waals surface area (Å²) < 4.78 is 0. The molecule has 0 aliphatic rings. The second-order valence-corrected chi connectivity index (χ2v) is 1.79. The van der Waals surface area contributed by atoms with Gasteiger partial charge >= 0.3 is 0 Å². The Labute approximate surface area is 72.8 Å². The summed E-state index contributed by atoms with van der Waals surface area (Å²) in [6.07, 6.45) is 0. The van der Waals surface area contributed by atoms with E-state index in [0.717, 1.165) is 0 Å². The van der Waals surface area contributed by atoms with Crippen molar-refractivity contribution in [1.82, 2.24) is 0 Å². The summed E-state index contributed by atoms with van der Waals surface area (Å²) in [4.78, 5) is 0. The average Bonchev–Trinajstić information content (AvgIpc) is 2.13. The monoisotopic (exact) mass is 166 g/mol. The fraction of sp³-hybridized carbons (Fsp3) is 0.333. The van der Waals surface area contributed by atoms with Crippen LogP contribution in [0, 0.1) is 0 Å². The molecule has 0 aliphatic heterocycles. The number of para-hydroxylation sites is 1. The number of nitrogens with zero attached hydrogens (tertiary/aromatic N) is 2. The Hall–Kier alpha value is -1.38. The molecule has 3 heteroatoms. The first kappa shape index (κ1) is 10.6. The van der Waals surface area contributed by atoms with Crippen LogP contribution in [0.4, 0.5) is 5.69 Å². The van der Waals surface area contributed by atoms with Gasteiger partial charge in [0.15, 0.2) is 0 Å². The Morgan fingerprint density at radius 1 is 1.17 bits per heavy atom. The molecule has 0 aliphatic carbocycles. The van der Waals surface area contributed by atoms with Gasteiger partial charge in [0.2, 0.25) is 0 Å². The Balaban J connectivity index is 0.000000561. The number of hydrogen-bond donors (Lipinski definition) is 1. The molecule has 0 saturated heterocycles. The van der Waals surface area contributed by atoms with Crippen LogP contribution in [-0.4, -0.2) is 12.2 Å². The normalized spacial score (nSPS) is 9.25. The van der Waals surface area contributed by atoms with Crippen molar-refractivity contribution in [2.45, 2.75) is 13.8 Å². The molecule has 0 aromatic heterocycles. The highest BCUT2D eigenvalue weighted by Gasteiger charge is 1.93. The van der Waals surface area contributed by atoms with Gasteiger partial charge in [0.25, 0.3) is 0 Å². The molecule has 3 nitrogen and oxygen atoms in total. The molecule has 0 spiro atoms. The number of phenolic OH excluding ortho intramolecular Hbond substituents is 1. The summed E-state index contributed by atoms with van der Waals surface area (Å²) in [5.74, 6) is 0.160.